The molecule has 0 aromatic heterocycles. The third-order valence-electron chi connectivity index (χ3n) is 12.2. The van der Waals surface area contributed by atoms with E-state index in [-0.39, 0.29) is 7.25 Å². The van der Waals surface area contributed by atoms with Crippen LogP contribution in [0, 0.1) is 41.5 Å². The van der Waals surface area contributed by atoms with Crippen LogP contribution in [0.25, 0.3) is 34.4 Å². The summed E-state index contributed by atoms with van der Waals surface area (Å²) in [6.07, 6.45) is 9.29. The molecule has 4 nitrogen and oxygen atoms in total. The standard InChI is InChI=1S/2C21H23.C2H3BN2O2.2ClH.Zr/c2*1-5-7-17-12-18-8-6-9-20(21(18)13-17)19-11-10-14(2)15(3)16(19)4;6-1-4-3-5-2-7;;;/h2*6,8-13H,5,7H2,1-4H3;1-2H,(H-,4,5,6,7);2*1H;/q;;;;;+1/p-1. The molecular weight excluding hydrogens is 761 g/mol. The molecule has 0 fully saturated rings. The van der Waals surface area contributed by atoms with Gasteiger partial charge in [-0.1, -0.05) is 0 Å². The number of benzene rings is 4. The van der Waals surface area contributed by atoms with Gasteiger partial charge in [-0.05, 0) is 0 Å². The maximum atomic E-state index is 12.5. The molecule has 6 rings (SSSR count). The number of carbonyl (C=O) groups excluding carboxylic acids is 2. The van der Waals surface area contributed by atoms with Gasteiger partial charge in [0.25, 0.3) is 0 Å². The van der Waals surface area contributed by atoms with Crippen molar-refractivity contribution in [3.63, 3.8) is 0 Å². The second-order valence-electron chi connectivity index (χ2n) is 15.0. The topological polar surface area (TPSA) is 58.2 Å². The third-order valence-corrected chi connectivity index (χ3v) is 32.3. The van der Waals surface area contributed by atoms with E-state index in [9.17, 15) is 9.59 Å². The number of halogens is 2. The molecule has 8 heteroatoms. The van der Waals surface area contributed by atoms with Gasteiger partial charge in [-0.15, -0.1) is 0 Å². The minimum atomic E-state index is -5.84. The Hall–Kier alpha value is -3.17. The molecule has 0 radical (unpaired) electrons. The molecule has 269 valence electrons. The Bertz CT molecular complexity index is 2010. The zero-order chi connectivity index (χ0) is 37.6. The zero-order valence-corrected chi connectivity index (χ0v) is 35.7. The van der Waals surface area contributed by atoms with E-state index in [4.69, 9.17) is 17.0 Å². The van der Waals surface area contributed by atoms with Gasteiger partial charge in [0.15, 0.2) is 0 Å². The predicted octanol–water partition coefficient (Wildman–Crippen LogP) is 11.5. The average Bonchev–Trinajstić information content (AvgIpc) is 3.70. The number of amides is 2. The molecule has 4 aromatic carbocycles. The average molecular weight is 812 g/mol. The molecule has 2 atom stereocenters. The van der Waals surface area contributed by atoms with Crippen LogP contribution >= 0.6 is 17.0 Å². The van der Waals surface area contributed by atoms with Gasteiger partial charge in [0.2, 0.25) is 0 Å². The molecule has 0 saturated heterocycles. The van der Waals surface area contributed by atoms with E-state index in [1.165, 1.54) is 44.5 Å². The van der Waals surface area contributed by atoms with Crippen molar-refractivity contribution in [3.05, 3.63) is 127 Å². The Morgan fingerprint density at radius 2 is 1.00 bits per heavy atom. The Labute approximate surface area is 318 Å². The van der Waals surface area contributed by atoms with Crippen molar-refractivity contribution < 1.29 is 25.8 Å². The van der Waals surface area contributed by atoms with Crippen LogP contribution in [0.15, 0.2) is 71.8 Å². The van der Waals surface area contributed by atoms with E-state index in [1.54, 1.807) is 0 Å². The summed E-state index contributed by atoms with van der Waals surface area (Å²) >= 11 is -5.84. The van der Waals surface area contributed by atoms with Gasteiger partial charge in [0, 0.05) is 0 Å². The van der Waals surface area contributed by atoms with Gasteiger partial charge in [-0.3, -0.25) is 0 Å². The van der Waals surface area contributed by atoms with Crippen molar-refractivity contribution in [1.29, 1.82) is 0 Å². The van der Waals surface area contributed by atoms with Gasteiger partial charge in [-0.2, -0.15) is 0 Å². The Morgan fingerprint density at radius 3 is 1.37 bits per heavy atom. The van der Waals surface area contributed by atoms with Crippen molar-refractivity contribution in [2.45, 2.75) is 88.3 Å². The fourth-order valence-corrected chi connectivity index (χ4v) is 29.9. The Balaban J connectivity index is 1.68. The monoisotopic (exact) mass is 809 g/mol. The summed E-state index contributed by atoms with van der Waals surface area (Å²) in [6, 6.07) is 21.8. The number of carbonyl (C=O) groups is 2. The minimum absolute atomic E-state index is 0.375. The molecule has 2 unspecified atom stereocenters. The van der Waals surface area contributed by atoms with Crippen LogP contribution in [0.1, 0.15) is 102 Å². The summed E-state index contributed by atoms with van der Waals surface area (Å²) < 4.78 is -1.69. The number of hydrogen-bond acceptors (Lipinski definition) is 2. The first-order valence-electron chi connectivity index (χ1n) is 18.6. The van der Waals surface area contributed by atoms with E-state index >= 15 is 0 Å². The molecule has 2 amide bonds. The molecule has 0 spiro atoms. The number of aryl methyl sites for hydroxylation is 2. The fraction of sp³-hybridized carbons (Fsp3) is 0.318. The van der Waals surface area contributed by atoms with Crippen LogP contribution in [0.4, 0.5) is 0 Å². The van der Waals surface area contributed by atoms with Crippen LogP contribution < -0.4 is 10.5 Å². The predicted molar refractivity (Wildman–Crippen MR) is 219 cm³/mol. The first kappa shape index (κ1) is 38.5. The number of fused-ring (bicyclic) bond motifs is 2. The summed E-state index contributed by atoms with van der Waals surface area (Å²) in [7, 11) is 17.3. The molecule has 0 heterocycles. The normalized spacial score (nSPS) is 17.0. The molecule has 52 heavy (non-hydrogen) atoms. The van der Waals surface area contributed by atoms with Crippen LogP contribution in [0.3, 0.4) is 0 Å². The van der Waals surface area contributed by atoms with E-state index in [0.29, 0.717) is 12.8 Å². The molecule has 0 saturated carbocycles. The van der Waals surface area contributed by atoms with Crippen LogP contribution in [-0.2, 0) is 25.8 Å². The van der Waals surface area contributed by atoms with Crippen molar-refractivity contribution in [2.24, 2.45) is 0 Å². The summed E-state index contributed by atoms with van der Waals surface area (Å²) in [6.45, 7) is 17.4. The van der Waals surface area contributed by atoms with Crippen molar-refractivity contribution in [3.8, 4) is 22.3 Å². The molecule has 2 N–H and O–H groups in total. The molecule has 2 aliphatic carbocycles. The summed E-state index contributed by atoms with van der Waals surface area (Å²) in [4.78, 5) is 25.0. The third kappa shape index (κ3) is 6.11. The van der Waals surface area contributed by atoms with E-state index in [1.807, 2.05) is 0 Å². The molecular formula is C44H50BCl2N2O2Zr. The summed E-state index contributed by atoms with van der Waals surface area (Å²) in [5, 5.41) is 5.99. The van der Waals surface area contributed by atoms with Crippen LogP contribution in [0.5, 0.6) is 0 Å². The van der Waals surface area contributed by atoms with E-state index in [2.05, 4.69) is 139 Å². The first-order valence-corrected chi connectivity index (χ1v) is 29.2. The maximum absolute atomic E-state index is 12.5. The van der Waals surface area contributed by atoms with Crippen molar-refractivity contribution >= 4 is 46.5 Å². The number of rotatable bonds is 13. The van der Waals surface area contributed by atoms with E-state index in [0.717, 1.165) is 70.2 Å². The second kappa shape index (κ2) is 14.9. The van der Waals surface area contributed by atoms with Gasteiger partial charge in [-0.25, -0.2) is 0 Å². The van der Waals surface area contributed by atoms with E-state index < -0.39 is 20.7 Å². The molecule has 2 aliphatic rings. The summed E-state index contributed by atoms with van der Waals surface area (Å²) in [5.41, 5.74) is 19.0. The molecule has 4 aromatic rings. The summed E-state index contributed by atoms with van der Waals surface area (Å²) in [5.74, 6) is 0. The van der Waals surface area contributed by atoms with Gasteiger partial charge in [0.1, 0.15) is 0 Å². The van der Waals surface area contributed by atoms with Crippen molar-refractivity contribution in [2.75, 3.05) is 0 Å². The van der Waals surface area contributed by atoms with Crippen LogP contribution in [-0.4, -0.2) is 17.3 Å². The fourth-order valence-electron chi connectivity index (χ4n) is 9.21. The van der Waals surface area contributed by atoms with Crippen molar-refractivity contribution in [1.82, 2.24) is 10.5 Å². The first-order chi connectivity index (χ1) is 24.8. The van der Waals surface area contributed by atoms with Crippen LogP contribution in [0.2, 0.25) is 0 Å². The van der Waals surface area contributed by atoms with Gasteiger partial charge >= 0.3 is 321 Å². The quantitative estimate of drug-likeness (QED) is 0.104. The second-order valence-corrected chi connectivity index (χ2v) is 36.4. The zero-order valence-electron chi connectivity index (χ0n) is 31.7. The molecule has 0 bridgehead atoms. The molecule has 0 aliphatic heterocycles. The number of nitrogens with one attached hydrogen (secondary N) is 2. The Kier molecular flexibility index (Phi) is 11.1. The van der Waals surface area contributed by atoms with Gasteiger partial charge in [0.05, 0.1) is 0 Å². The number of allylic oxidation sites excluding steroid dienone is 2. The van der Waals surface area contributed by atoms with Gasteiger partial charge < -0.3 is 0 Å². The number of hydrogen-bond donors (Lipinski definition) is 2. The Morgan fingerprint density at radius 1 is 0.596 bits per heavy atom. The SMILES string of the molecule is CCCC1=Cc2c(-c3ccc(C)c(C)c3C)cccc2[CH]1[Zr]([Cl])([Cl])([B](NC=O)NC=O)[CH]1C(CCC)=Cc2c(-c3ccc(C)c(C)c3C)cccc21.